The fourth-order valence-corrected chi connectivity index (χ4v) is 4.00. The first-order chi connectivity index (χ1) is 12.8. The lowest BCUT2D eigenvalue weighted by Crippen LogP contribution is -2.47. The molecule has 7 heteroatoms. The highest BCUT2D eigenvalue weighted by Crippen LogP contribution is 2.32. The summed E-state index contributed by atoms with van der Waals surface area (Å²) < 4.78 is 0.952. The molecule has 0 radical (unpaired) electrons. The lowest BCUT2D eigenvalue weighted by atomic mass is 9.96. The lowest BCUT2D eigenvalue weighted by Gasteiger charge is -2.34. The van der Waals surface area contributed by atoms with E-state index in [9.17, 15) is 14.4 Å². The van der Waals surface area contributed by atoms with Crippen molar-refractivity contribution in [3.8, 4) is 0 Å². The van der Waals surface area contributed by atoms with Gasteiger partial charge in [-0.3, -0.25) is 14.4 Å². The molecule has 1 saturated heterocycles. The summed E-state index contributed by atoms with van der Waals surface area (Å²) in [6.07, 6.45) is 3.56. The third kappa shape index (κ3) is 5.09. The van der Waals surface area contributed by atoms with Gasteiger partial charge in [0.15, 0.2) is 0 Å². The van der Waals surface area contributed by atoms with Crippen molar-refractivity contribution < 1.29 is 14.4 Å². The van der Waals surface area contributed by atoms with Gasteiger partial charge in [0.2, 0.25) is 17.7 Å². The van der Waals surface area contributed by atoms with Gasteiger partial charge in [-0.1, -0.05) is 15.9 Å². The highest BCUT2D eigenvalue weighted by atomic mass is 79.9. The van der Waals surface area contributed by atoms with Crippen molar-refractivity contribution in [1.82, 2.24) is 9.80 Å². The Balaban J connectivity index is 1.53. The van der Waals surface area contributed by atoms with Crippen LogP contribution in [0, 0.1) is 18.8 Å². The zero-order chi connectivity index (χ0) is 19.6. The van der Waals surface area contributed by atoms with E-state index >= 15 is 0 Å². The Bertz CT molecular complexity index is 748. The molecular weight excluding hydrogens is 410 g/mol. The van der Waals surface area contributed by atoms with Gasteiger partial charge >= 0.3 is 0 Å². The molecule has 0 spiro atoms. The monoisotopic (exact) mass is 435 g/mol. The SMILES string of the molecule is Cc1cc(Br)ccc1NC(=O)CN(C)C(=O)C1CCCN(C(=O)C2CC2)C1. The van der Waals surface area contributed by atoms with E-state index < -0.39 is 0 Å². The fraction of sp³-hybridized carbons (Fsp3) is 0.550. The summed E-state index contributed by atoms with van der Waals surface area (Å²) in [5, 5.41) is 2.86. The topological polar surface area (TPSA) is 69.7 Å². The molecule has 1 unspecified atom stereocenters. The van der Waals surface area contributed by atoms with E-state index in [-0.39, 0.29) is 36.1 Å². The number of benzene rings is 1. The minimum absolute atomic E-state index is 0.00140. The smallest absolute Gasteiger partial charge is 0.243 e. The Morgan fingerprint density at radius 1 is 1.22 bits per heavy atom. The van der Waals surface area contributed by atoms with E-state index in [0.717, 1.165) is 48.0 Å². The van der Waals surface area contributed by atoms with Crippen molar-refractivity contribution in [2.24, 2.45) is 11.8 Å². The van der Waals surface area contributed by atoms with Gasteiger partial charge in [0, 0.05) is 36.2 Å². The van der Waals surface area contributed by atoms with E-state index in [1.54, 1.807) is 7.05 Å². The second kappa shape index (κ2) is 8.42. The zero-order valence-electron chi connectivity index (χ0n) is 15.8. The molecule has 0 bridgehead atoms. The second-order valence-corrected chi connectivity index (χ2v) is 8.52. The molecule has 1 aromatic rings. The minimum Gasteiger partial charge on any atom is -0.342 e. The van der Waals surface area contributed by atoms with Gasteiger partial charge in [-0.25, -0.2) is 0 Å². The Labute approximate surface area is 168 Å². The molecule has 27 heavy (non-hydrogen) atoms. The molecule has 1 N–H and O–H groups in total. The van der Waals surface area contributed by atoms with Gasteiger partial charge in [-0.05, 0) is 56.4 Å². The standard InChI is InChI=1S/C20H26BrN3O3/c1-13-10-16(21)7-8-17(13)22-18(25)12-23(2)19(26)15-4-3-9-24(11-15)20(27)14-5-6-14/h7-8,10,14-15H,3-6,9,11-12H2,1-2H3,(H,22,25). The molecule has 1 atom stereocenters. The Morgan fingerprint density at radius 3 is 2.63 bits per heavy atom. The van der Waals surface area contributed by atoms with Gasteiger partial charge in [-0.15, -0.1) is 0 Å². The molecule has 1 aliphatic heterocycles. The van der Waals surface area contributed by atoms with Crippen LogP contribution in [0.25, 0.3) is 0 Å². The maximum atomic E-state index is 12.8. The van der Waals surface area contributed by atoms with Crippen molar-refractivity contribution in [1.29, 1.82) is 0 Å². The number of halogens is 1. The third-order valence-corrected chi connectivity index (χ3v) is 5.72. The normalized spacial score (nSPS) is 19.5. The summed E-state index contributed by atoms with van der Waals surface area (Å²) in [7, 11) is 1.65. The summed E-state index contributed by atoms with van der Waals surface area (Å²) >= 11 is 3.40. The van der Waals surface area contributed by atoms with Gasteiger partial charge in [0.25, 0.3) is 0 Å². The highest BCUT2D eigenvalue weighted by Gasteiger charge is 2.37. The summed E-state index contributed by atoms with van der Waals surface area (Å²) in [5.41, 5.74) is 1.69. The maximum Gasteiger partial charge on any atom is 0.243 e. The first-order valence-electron chi connectivity index (χ1n) is 9.45. The molecule has 2 aliphatic rings. The second-order valence-electron chi connectivity index (χ2n) is 7.60. The Hall–Kier alpha value is -1.89. The van der Waals surface area contributed by atoms with Crippen molar-refractivity contribution in [3.05, 3.63) is 28.2 Å². The number of amides is 3. The van der Waals surface area contributed by atoms with Crippen LogP contribution in [0.5, 0.6) is 0 Å². The van der Waals surface area contributed by atoms with Crippen LogP contribution in [0.1, 0.15) is 31.2 Å². The number of likely N-dealkylation sites (tertiary alicyclic amines) is 1. The number of hydrogen-bond donors (Lipinski definition) is 1. The molecule has 1 aromatic carbocycles. The van der Waals surface area contributed by atoms with Crippen LogP contribution in [0.2, 0.25) is 0 Å². The molecule has 2 fully saturated rings. The zero-order valence-corrected chi connectivity index (χ0v) is 17.4. The van der Waals surface area contributed by atoms with Crippen LogP contribution in [0.3, 0.4) is 0 Å². The molecular formula is C20H26BrN3O3. The number of aryl methyl sites for hydroxylation is 1. The Kier molecular flexibility index (Phi) is 6.19. The van der Waals surface area contributed by atoms with Crippen LogP contribution >= 0.6 is 15.9 Å². The van der Waals surface area contributed by atoms with Crippen LogP contribution in [0.4, 0.5) is 5.69 Å². The molecule has 3 rings (SSSR count). The number of piperidine rings is 1. The number of carbonyl (C=O) groups is 3. The number of anilines is 1. The molecule has 3 amide bonds. The summed E-state index contributed by atoms with van der Waals surface area (Å²) in [4.78, 5) is 40.7. The number of carbonyl (C=O) groups excluding carboxylic acids is 3. The number of nitrogens with one attached hydrogen (secondary N) is 1. The van der Waals surface area contributed by atoms with E-state index in [4.69, 9.17) is 0 Å². The van der Waals surface area contributed by atoms with E-state index in [1.807, 2.05) is 30.0 Å². The van der Waals surface area contributed by atoms with Crippen molar-refractivity contribution in [2.45, 2.75) is 32.6 Å². The summed E-state index contributed by atoms with van der Waals surface area (Å²) in [6, 6.07) is 5.63. The van der Waals surface area contributed by atoms with Crippen LogP contribution in [-0.4, -0.2) is 54.2 Å². The molecule has 146 valence electrons. The highest BCUT2D eigenvalue weighted by molar-refractivity contribution is 9.10. The summed E-state index contributed by atoms with van der Waals surface area (Å²) in [6.45, 7) is 3.14. The van der Waals surface area contributed by atoms with Crippen molar-refractivity contribution >= 4 is 39.3 Å². The van der Waals surface area contributed by atoms with Crippen molar-refractivity contribution in [2.75, 3.05) is 32.0 Å². The Morgan fingerprint density at radius 2 is 1.96 bits per heavy atom. The number of likely N-dealkylation sites (N-methyl/N-ethyl adjacent to an activating group) is 1. The van der Waals surface area contributed by atoms with Crippen molar-refractivity contribution in [3.63, 3.8) is 0 Å². The summed E-state index contributed by atoms with van der Waals surface area (Å²) in [5.74, 6) is -0.132. The first-order valence-corrected chi connectivity index (χ1v) is 10.2. The largest absolute Gasteiger partial charge is 0.342 e. The van der Waals surface area contributed by atoms with E-state index in [0.29, 0.717) is 6.54 Å². The molecule has 1 saturated carbocycles. The fourth-order valence-electron chi connectivity index (χ4n) is 3.53. The molecule has 1 heterocycles. The molecule has 6 nitrogen and oxygen atoms in total. The van der Waals surface area contributed by atoms with Crippen LogP contribution < -0.4 is 5.32 Å². The lowest BCUT2D eigenvalue weighted by molar-refractivity contribution is -0.142. The quantitative estimate of drug-likeness (QED) is 0.772. The molecule has 1 aliphatic carbocycles. The number of rotatable bonds is 5. The van der Waals surface area contributed by atoms with Crippen LogP contribution in [0.15, 0.2) is 22.7 Å². The van der Waals surface area contributed by atoms with Gasteiger partial charge < -0.3 is 15.1 Å². The maximum absolute atomic E-state index is 12.8. The van der Waals surface area contributed by atoms with E-state index in [2.05, 4.69) is 21.2 Å². The van der Waals surface area contributed by atoms with Crippen LogP contribution in [-0.2, 0) is 14.4 Å². The van der Waals surface area contributed by atoms with Gasteiger partial charge in [0.1, 0.15) is 0 Å². The average molecular weight is 436 g/mol. The molecule has 0 aromatic heterocycles. The predicted molar refractivity (Wildman–Crippen MR) is 107 cm³/mol. The van der Waals surface area contributed by atoms with E-state index in [1.165, 1.54) is 4.90 Å². The number of nitrogens with zero attached hydrogens (tertiary/aromatic N) is 2. The number of hydrogen-bond acceptors (Lipinski definition) is 3. The predicted octanol–water partition coefficient (Wildman–Crippen LogP) is 2.80. The first kappa shape index (κ1) is 19.9. The minimum atomic E-state index is -0.224. The van der Waals surface area contributed by atoms with Gasteiger partial charge in [-0.2, -0.15) is 0 Å². The third-order valence-electron chi connectivity index (χ3n) is 5.23. The van der Waals surface area contributed by atoms with Gasteiger partial charge in [0.05, 0.1) is 12.5 Å². The average Bonchev–Trinajstić information content (AvgIpc) is 3.48.